The number of carbonyl (C=O) groups is 2. The van der Waals surface area contributed by atoms with E-state index in [-0.39, 0.29) is 18.5 Å². The smallest absolute Gasteiger partial charge is 0.324 e. The monoisotopic (exact) mass is 278 g/mol. The van der Waals surface area contributed by atoms with Gasteiger partial charge in [-0.3, -0.25) is 9.69 Å². The Balaban J connectivity index is 1.79. The van der Waals surface area contributed by atoms with Crippen LogP contribution in [0, 0.1) is 13.8 Å². The van der Waals surface area contributed by atoms with E-state index in [1.807, 2.05) is 0 Å². The molecule has 5 heteroatoms. The summed E-state index contributed by atoms with van der Waals surface area (Å²) in [5.41, 5.74) is 3.87. The van der Waals surface area contributed by atoms with E-state index in [1.165, 1.54) is 21.6 Å². The lowest BCUT2D eigenvalue weighted by atomic mass is 10.1. The summed E-state index contributed by atoms with van der Waals surface area (Å²) in [7, 11) is 0. The van der Waals surface area contributed by atoms with Crippen molar-refractivity contribution in [1.82, 2.24) is 10.2 Å². The van der Waals surface area contributed by atoms with Crippen molar-refractivity contribution in [3.63, 3.8) is 0 Å². The molecule has 1 N–H and O–H groups in total. The van der Waals surface area contributed by atoms with Crippen LogP contribution in [0.5, 0.6) is 0 Å². The summed E-state index contributed by atoms with van der Waals surface area (Å²) in [6.45, 7) is 4.81. The molecule has 1 aromatic rings. The maximum atomic E-state index is 11.4. The highest BCUT2D eigenvalue weighted by Gasteiger charge is 2.27. The molecule has 0 atom stereocenters. The van der Waals surface area contributed by atoms with Gasteiger partial charge in [0.1, 0.15) is 0 Å². The third kappa shape index (κ3) is 3.50. The molecule has 1 saturated heterocycles. The largest absolute Gasteiger partial charge is 0.329 e. The molecule has 4 nitrogen and oxygen atoms in total. The molecule has 1 aliphatic heterocycles. The Labute approximate surface area is 117 Å². The molecule has 0 saturated carbocycles. The first-order valence-electron chi connectivity index (χ1n) is 6.30. The zero-order chi connectivity index (χ0) is 13.8. The summed E-state index contributed by atoms with van der Waals surface area (Å²) < 4.78 is 0. The summed E-state index contributed by atoms with van der Waals surface area (Å²) in [6.07, 6.45) is 0. The van der Waals surface area contributed by atoms with Crippen LogP contribution < -0.4 is 5.32 Å². The number of thioether (sulfide) groups is 1. The van der Waals surface area contributed by atoms with Gasteiger partial charge in [0.05, 0.1) is 6.54 Å². The van der Waals surface area contributed by atoms with Crippen LogP contribution in [0.2, 0.25) is 0 Å². The van der Waals surface area contributed by atoms with E-state index in [1.54, 1.807) is 11.8 Å². The van der Waals surface area contributed by atoms with E-state index in [2.05, 4.69) is 37.4 Å². The molecule has 102 valence electrons. The van der Waals surface area contributed by atoms with Crippen LogP contribution in [0.15, 0.2) is 18.2 Å². The van der Waals surface area contributed by atoms with E-state index in [9.17, 15) is 9.59 Å². The maximum Gasteiger partial charge on any atom is 0.324 e. The van der Waals surface area contributed by atoms with Crippen LogP contribution in [0.25, 0.3) is 0 Å². The van der Waals surface area contributed by atoms with E-state index in [0.29, 0.717) is 6.54 Å². The van der Waals surface area contributed by atoms with Gasteiger partial charge < -0.3 is 5.32 Å². The van der Waals surface area contributed by atoms with Crippen LogP contribution in [0.4, 0.5) is 4.79 Å². The summed E-state index contributed by atoms with van der Waals surface area (Å²) >= 11 is 1.75. The van der Waals surface area contributed by atoms with Crippen molar-refractivity contribution in [3.05, 3.63) is 34.9 Å². The van der Waals surface area contributed by atoms with Crippen molar-refractivity contribution in [2.24, 2.45) is 0 Å². The number of nitrogens with one attached hydrogen (secondary N) is 1. The average Bonchev–Trinajstić information content (AvgIpc) is 2.69. The molecule has 1 aliphatic rings. The number of amides is 3. The molecule has 2 rings (SSSR count). The standard InChI is InChI=1S/C14H18N2O2S/c1-10-3-4-11(2)12(7-10)9-19-6-5-16-13(17)8-15-14(16)18/h3-4,7H,5-6,8-9H2,1-2H3,(H,15,18). The van der Waals surface area contributed by atoms with Gasteiger partial charge in [0.25, 0.3) is 0 Å². The van der Waals surface area contributed by atoms with Crippen molar-refractivity contribution in [2.45, 2.75) is 19.6 Å². The fourth-order valence-corrected chi connectivity index (χ4v) is 2.96. The second kappa shape index (κ2) is 6.10. The van der Waals surface area contributed by atoms with Gasteiger partial charge in [0.2, 0.25) is 5.91 Å². The van der Waals surface area contributed by atoms with E-state index in [4.69, 9.17) is 0 Å². The number of imide groups is 1. The fourth-order valence-electron chi connectivity index (χ4n) is 1.98. The van der Waals surface area contributed by atoms with Crippen molar-refractivity contribution < 1.29 is 9.59 Å². The second-order valence-corrected chi connectivity index (χ2v) is 5.79. The van der Waals surface area contributed by atoms with Crippen LogP contribution in [-0.2, 0) is 10.5 Å². The third-order valence-electron chi connectivity index (χ3n) is 3.16. The Kier molecular flexibility index (Phi) is 4.47. The van der Waals surface area contributed by atoms with E-state index in [0.717, 1.165) is 11.5 Å². The van der Waals surface area contributed by atoms with Crippen LogP contribution >= 0.6 is 11.8 Å². The normalized spacial score (nSPS) is 14.9. The maximum absolute atomic E-state index is 11.4. The minimum Gasteiger partial charge on any atom is -0.329 e. The fraction of sp³-hybridized carbons (Fsp3) is 0.429. The van der Waals surface area contributed by atoms with Crippen LogP contribution in [-0.4, -0.2) is 35.7 Å². The van der Waals surface area contributed by atoms with Gasteiger partial charge in [-0.1, -0.05) is 23.8 Å². The number of nitrogens with zero attached hydrogens (tertiary/aromatic N) is 1. The number of carbonyl (C=O) groups excluding carboxylic acids is 2. The van der Waals surface area contributed by atoms with Crippen LogP contribution in [0.1, 0.15) is 16.7 Å². The van der Waals surface area contributed by atoms with Crippen molar-refractivity contribution in [3.8, 4) is 0 Å². The molecule has 19 heavy (non-hydrogen) atoms. The molecule has 0 unspecified atom stereocenters. The van der Waals surface area contributed by atoms with Gasteiger partial charge in [0, 0.05) is 18.1 Å². The summed E-state index contributed by atoms with van der Waals surface area (Å²) in [4.78, 5) is 24.0. The minimum absolute atomic E-state index is 0.127. The van der Waals surface area contributed by atoms with E-state index >= 15 is 0 Å². The molecule has 0 spiro atoms. The van der Waals surface area contributed by atoms with Gasteiger partial charge in [-0.2, -0.15) is 11.8 Å². The topological polar surface area (TPSA) is 49.4 Å². The Morgan fingerprint density at radius 1 is 1.32 bits per heavy atom. The first-order chi connectivity index (χ1) is 9.08. The molecular formula is C14H18N2O2S. The predicted molar refractivity (Wildman–Crippen MR) is 77.2 cm³/mol. The average molecular weight is 278 g/mol. The number of hydrogen-bond acceptors (Lipinski definition) is 3. The SMILES string of the molecule is Cc1ccc(C)c(CSCCN2C(=O)CNC2=O)c1. The van der Waals surface area contributed by atoms with Gasteiger partial charge in [-0.05, 0) is 25.0 Å². The van der Waals surface area contributed by atoms with Crippen LogP contribution in [0.3, 0.4) is 0 Å². The second-order valence-electron chi connectivity index (χ2n) is 4.69. The molecule has 0 radical (unpaired) electrons. The number of rotatable bonds is 5. The first kappa shape index (κ1) is 13.9. The highest BCUT2D eigenvalue weighted by Crippen LogP contribution is 2.18. The van der Waals surface area contributed by atoms with E-state index < -0.39 is 0 Å². The van der Waals surface area contributed by atoms with Gasteiger partial charge in [-0.25, -0.2) is 4.79 Å². The summed E-state index contributed by atoms with van der Waals surface area (Å²) in [5, 5.41) is 2.52. The van der Waals surface area contributed by atoms with Gasteiger partial charge in [0.15, 0.2) is 0 Å². The lowest BCUT2D eigenvalue weighted by Crippen LogP contribution is -2.32. The number of urea groups is 1. The highest BCUT2D eigenvalue weighted by molar-refractivity contribution is 7.98. The Morgan fingerprint density at radius 2 is 2.11 bits per heavy atom. The number of aryl methyl sites for hydroxylation is 2. The molecular weight excluding hydrogens is 260 g/mol. The summed E-state index contributed by atoms with van der Waals surface area (Å²) in [5.74, 6) is 1.56. The molecule has 1 fully saturated rings. The molecule has 0 aromatic heterocycles. The molecule has 1 aromatic carbocycles. The van der Waals surface area contributed by atoms with Crippen molar-refractivity contribution >= 4 is 23.7 Å². The molecule has 1 heterocycles. The summed E-state index contributed by atoms with van der Waals surface area (Å²) in [6, 6.07) is 6.16. The minimum atomic E-state index is -0.266. The Bertz CT molecular complexity index is 486. The number of benzene rings is 1. The van der Waals surface area contributed by atoms with Crippen molar-refractivity contribution in [1.29, 1.82) is 0 Å². The Hall–Kier alpha value is -1.49. The zero-order valence-corrected chi connectivity index (χ0v) is 12.0. The highest BCUT2D eigenvalue weighted by atomic mass is 32.2. The Morgan fingerprint density at radius 3 is 2.79 bits per heavy atom. The lowest BCUT2D eigenvalue weighted by Gasteiger charge is -2.12. The molecule has 0 aliphatic carbocycles. The molecule has 3 amide bonds. The molecule has 0 bridgehead atoms. The quantitative estimate of drug-likeness (QED) is 0.663. The predicted octanol–water partition coefficient (Wildman–Crippen LogP) is 2.09. The van der Waals surface area contributed by atoms with Crippen molar-refractivity contribution in [2.75, 3.05) is 18.8 Å². The number of hydrogen-bond donors (Lipinski definition) is 1. The lowest BCUT2D eigenvalue weighted by molar-refractivity contribution is -0.124. The van der Waals surface area contributed by atoms with Gasteiger partial charge >= 0.3 is 6.03 Å². The zero-order valence-electron chi connectivity index (χ0n) is 11.2. The van der Waals surface area contributed by atoms with Gasteiger partial charge in [-0.15, -0.1) is 0 Å². The third-order valence-corrected chi connectivity index (χ3v) is 4.14. The first-order valence-corrected chi connectivity index (χ1v) is 7.45.